The van der Waals surface area contributed by atoms with Crippen LogP contribution < -0.4 is 10.6 Å². The summed E-state index contributed by atoms with van der Waals surface area (Å²) in [5.41, 5.74) is 0.412. The fourth-order valence-corrected chi connectivity index (χ4v) is 6.07. The van der Waals surface area contributed by atoms with Gasteiger partial charge in [0.25, 0.3) is 11.6 Å². The molecule has 0 saturated carbocycles. The number of thioether (sulfide) groups is 1. The summed E-state index contributed by atoms with van der Waals surface area (Å²) in [5.74, 6) is -1.78. The number of oxime groups is 1. The lowest BCUT2D eigenvalue weighted by atomic mass is 10.0. The fourth-order valence-electron chi connectivity index (χ4n) is 3.66. The average Bonchev–Trinajstić information content (AvgIpc) is 3.37. The number of anilines is 1. The Hall–Kier alpha value is -3.76. The highest BCUT2D eigenvalue weighted by Crippen LogP contribution is 2.41. The molecule has 0 bridgehead atoms. The first-order chi connectivity index (χ1) is 18.2. The van der Waals surface area contributed by atoms with Gasteiger partial charge in [-0.05, 0) is 17.7 Å². The number of halogens is 1. The third-order valence-electron chi connectivity index (χ3n) is 5.54. The maximum absolute atomic E-state index is 12.9. The SMILES string of the molecule is CON=C(C(=O)NC1C(=O)N2CC(Cl)(C(=O)OCc3ccc([N+](=O)[O-])cc3)CS[C@H]12)c1csc(NC=O)n1. The number of fused-ring (bicyclic) bond motifs is 1. The molecule has 17 heteroatoms. The fraction of sp³-hybridized carbons (Fsp3) is 0.333. The molecule has 1 aromatic heterocycles. The Morgan fingerprint density at radius 1 is 1.39 bits per heavy atom. The van der Waals surface area contributed by atoms with Crippen LogP contribution in [0.3, 0.4) is 0 Å². The van der Waals surface area contributed by atoms with Crippen LogP contribution in [0.5, 0.6) is 0 Å². The van der Waals surface area contributed by atoms with E-state index in [4.69, 9.17) is 21.2 Å². The van der Waals surface area contributed by atoms with E-state index in [0.29, 0.717) is 12.0 Å². The number of nitrogens with one attached hydrogen (secondary N) is 2. The molecule has 0 radical (unpaired) electrons. The highest BCUT2D eigenvalue weighted by molar-refractivity contribution is 8.00. The minimum Gasteiger partial charge on any atom is -0.459 e. The standard InChI is InChI=1S/C21H19ClN6O8S2/c1-35-26-14(13-7-37-20(24-13)23-10-29)16(30)25-15-17(31)27-8-21(22,9-38-18(15)27)19(32)36-6-11-2-4-12(5-3-11)28(33)34/h2-5,7,10,15,18H,6,8-9H2,1H3,(H,25,30)(H,23,24,29)/t15?,18-,21?/m1/s1. The number of β-lactam (4-membered cyclic amide) rings is 1. The number of alkyl halides is 1. The van der Waals surface area contributed by atoms with Gasteiger partial charge in [-0.2, -0.15) is 0 Å². The summed E-state index contributed by atoms with van der Waals surface area (Å²) in [7, 11) is 1.25. The summed E-state index contributed by atoms with van der Waals surface area (Å²) in [5, 5.41) is 20.7. The summed E-state index contributed by atoms with van der Waals surface area (Å²) < 4.78 is 5.31. The topological polar surface area (TPSA) is 182 Å². The van der Waals surface area contributed by atoms with E-state index in [2.05, 4.69) is 20.8 Å². The highest BCUT2D eigenvalue weighted by atomic mass is 35.5. The molecule has 2 aliphatic rings. The van der Waals surface area contributed by atoms with E-state index in [1.165, 1.54) is 53.4 Å². The van der Waals surface area contributed by atoms with E-state index in [-0.39, 0.29) is 41.1 Å². The molecule has 3 heterocycles. The number of carbonyl (C=O) groups is 4. The number of amides is 3. The van der Waals surface area contributed by atoms with E-state index < -0.39 is 39.0 Å². The van der Waals surface area contributed by atoms with Crippen LogP contribution in [0, 0.1) is 10.1 Å². The summed E-state index contributed by atoms with van der Waals surface area (Å²) in [6, 6.07) is 4.64. The molecular formula is C21H19ClN6O8S2. The zero-order chi connectivity index (χ0) is 27.4. The first-order valence-corrected chi connectivity index (χ1v) is 13.1. The molecule has 2 saturated heterocycles. The Bertz CT molecular complexity index is 1300. The monoisotopic (exact) mass is 582 g/mol. The second kappa shape index (κ2) is 11.3. The number of hydrogen-bond donors (Lipinski definition) is 2. The van der Waals surface area contributed by atoms with Gasteiger partial charge in [0.05, 0.1) is 11.5 Å². The van der Waals surface area contributed by atoms with Crippen LogP contribution in [0.4, 0.5) is 10.8 Å². The molecule has 3 atom stereocenters. The van der Waals surface area contributed by atoms with Gasteiger partial charge in [-0.3, -0.25) is 29.3 Å². The third kappa shape index (κ3) is 5.56. The lowest BCUT2D eigenvalue weighted by Crippen LogP contribution is -2.74. The second-order valence-corrected chi connectivity index (χ2v) is 10.7. The minimum absolute atomic E-state index is 0.0894. The summed E-state index contributed by atoms with van der Waals surface area (Å²) in [6.07, 6.45) is 0.445. The second-order valence-electron chi connectivity index (χ2n) is 8.01. The van der Waals surface area contributed by atoms with Gasteiger partial charge in [-0.25, -0.2) is 4.98 Å². The lowest BCUT2D eigenvalue weighted by Gasteiger charge is -2.52. The molecular weight excluding hydrogens is 564 g/mol. The van der Waals surface area contributed by atoms with Gasteiger partial charge >= 0.3 is 5.97 Å². The van der Waals surface area contributed by atoms with Crippen molar-refractivity contribution in [2.75, 3.05) is 24.7 Å². The lowest BCUT2D eigenvalue weighted by molar-refractivity contribution is -0.384. The van der Waals surface area contributed by atoms with Crippen molar-refractivity contribution in [2.24, 2.45) is 5.16 Å². The number of rotatable bonds is 10. The smallest absolute Gasteiger partial charge is 0.330 e. The zero-order valence-electron chi connectivity index (χ0n) is 19.5. The Kier molecular flexibility index (Phi) is 8.13. The minimum atomic E-state index is -1.50. The van der Waals surface area contributed by atoms with Crippen molar-refractivity contribution in [3.05, 3.63) is 51.0 Å². The zero-order valence-corrected chi connectivity index (χ0v) is 21.9. The summed E-state index contributed by atoms with van der Waals surface area (Å²) in [4.78, 5) is 68.0. The van der Waals surface area contributed by atoms with Crippen LogP contribution in [0.1, 0.15) is 11.3 Å². The number of benzene rings is 1. The summed E-state index contributed by atoms with van der Waals surface area (Å²) >= 11 is 8.82. The third-order valence-corrected chi connectivity index (χ3v) is 8.41. The van der Waals surface area contributed by atoms with Crippen LogP contribution in [0.15, 0.2) is 34.8 Å². The number of nitro groups is 1. The molecule has 38 heavy (non-hydrogen) atoms. The van der Waals surface area contributed by atoms with Crippen LogP contribution in [0.25, 0.3) is 0 Å². The number of aromatic nitrogens is 1. The van der Waals surface area contributed by atoms with E-state index in [9.17, 15) is 29.3 Å². The van der Waals surface area contributed by atoms with Crippen LogP contribution in [-0.4, -0.2) is 80.4 Å². The first-order valence-electron chi connectivity index (χ1n) is 10.8. The molecule has 2 unspecified atom stereocenters. The molecule has 2 N–H and O–H groups in total. The quantitative estimate of drug-likeness (QED) is 0.0782. The van der Waals surface area contributed by atoms with Gasteiger partial charge in [-0.15, -0.1) is 34.7 Å². The molecule has 2 fully saturated rings. The number of non-ortho nitro benzene ring substituents is 1. The van der Waals surface area contributed by atoms with Crippen molar-refractivity contribution in [1.29, 1.82) is 0 Å². The van der Waals surface area contributed by atoms with Crippen LogP contribution in [0.2, 0.25) is 0 Å². The normalized spacial score (nSPS) is 22.5. The Labute approximate surface area is 227 Å². The number of nitro benzene ring substituents is 1. The predicted molar refractivity (Wildman–Crippen MR) is 137 cm³/mol. The Morgan fingerprint density at radius 3 is 2.79 bits per heavy atom. The average molecular weight is 583 g/mol. The van der Waals surface area contributed by atoms with E-state index >= 15 is 0 Å². The molecule has 3 amide bonds. The molecule has 14 nitrogen and oxygen atoms in total. The van der Waals surface area contributed by atoms with Gasteiger partial charge < -0.3 is 25.1 Å². The number of esters is 1. The predicted octanol–water partition coefficient (Wildman–Crippen LogP) is 1.09. The largest absolute Gasteiger partial charge is 0.459 e. The van der Waals surface area contributed by atoms with Gasteiger partial charge in [0.2, 0.25) is 12.3 Å². The van der Waals surface area contributed by atoms with E-state index in [0.717, 1.165) is 11.3 Å². The van der Waals surface area contributed by atoms with Crippen LogP contribution in [-0.2, 0) is 35.4 Å². The number of carbonyl (C=O) groups excluding carboxylic acids is 4. The molecule has 4 rings (SSSR count). The van der Waals surface area contributed by atoms with Crippen molar-refractivity contribution in [3.8, 4) is 0 Å². The van der Waals surface area contributed by atoms with Crippen molar-refractivity contribution < 1.29 is 33.7 Å². The van der Waals surface area contributed by atoms with E-state index in [1.54, 1.807) is 0 Å². The van der Waals surface area contributed by atoms with Crippen molar-refractivity contribution >= 4 is 75.4 Å². The Morgan fingerprint density at radius 2 is 2.13 bits per heavy atom. The highest BCUT2D eigenvalue weighted by Gasteiger charge is 2.57. The summed E-state index contributed by atoms with van der Waals surface area (Å²) in [6.45, 7) is -0.267. The molecule has 0 aliphatic carbocycles. The number of nitrogens with zero attached hydrogens (tertiary/aromatic N) is 4. The molecule has 2 aromatic rings. The van der Waals surface area contributed by atoms with Gasteiger partial charge in [0.1, 0.15) is 30.8 Å². The molecule has 200 valence electrons. The van der Waals surface area contributed by atoms with Gasteiger partial charge in [-0.1, -0.05) is 5.16 Å². The number of hydrogen-bond acceptors (Lipinski definition) is 12. The molecule has 2 aliphatic heterocycles. The Balaban J connectivity index is 1.34. The number of thiazole rings is 1. The number of ether oxygens (including phenoxy) is 1. The van der Waals surface area contributed by atoms with Crippen LogP contribution >= 0.6 is 34.7 Å². The van der Waals surface area contributed by atoms with Crippen molar-refractivity contribution in [3.63, 3.8) is 0 Å². The molecule has 1 aromatic carbocycles. The van der Waals surface area contributed by atoms with E-state index in [1.807, 2.05) is 0 Å². The van der Waals surface area contributed by atoms with Gasteiger partial charge in [0, 0.05) is 23.3 Å². The molecule has 0 spiro atoms. The maximum atomic E-state index is 12.9. The first kappa shape index (κ1) is 27.3. The van der Waals surface area contributed by atoms with Gasteiger partial charge in [0.15, 0.2) is 15.7 Å². The maximum Gasteiger partial charge on any atom is 0.330 e. The van der Waals surface area contributed by atoms with Crippen molar-refractivity contribution in [1.82, 2.24) is 15.2 Å². The van der Waals surface area contributed by atoms with Crippen molar-refractivity contribution in [2.45, 2.75) is 22.9 Å².